The number of pyridine rings is 1. The zero-order valence-corrected chi connectivity index (χ0v) is 12.0. The van der Waals surface area contributed by atoms with E-state index in [0.29, 0.717) is 6.61 Å². The molecule has 106 valence electrons. The maximum absolute atomic E-state index is 5.61. The van der Waals surface area contributed by atoms with Gasteiger partial charge in [-0.2, -0.15) is 0 Å². The van der Waals surface area contributed by atoms with E-state index in [0.717, 1.165) is 54.0 Å². The van der Waals surface area contributed by atoms with Crippen LogP contribution in [0.2, 0.25) is 0 Å². The third-order valence-corrected chi connectivity index (χ3v) is 3.66. The Morgan fingerprint density at radius 1 is 1.40 bits per heavy atom. The Kier molecular flexibility index (Phi) is 3.74. The molecule has 4 nitrogen and oxygen atoms in total. The van der Waals surface area contributed by atoms with Gasteiger partial charge in [-0.25, -0.2) is 0 Å². The molecule has 0 saturated heterocycles. The first kappa shape index (κ1) is 13.2. The largest absolute Gasteiger partial charge is 0.497 e. The molecule has 0 radical (unpaired) electrons. The Morgan fingerprint density at radius 3 is 3.10 bits per heavy atom. The molecule has 1 aromatic carbocycles. The van der Waals surface area contributed by atoms with Crippen LogP contribution in [0.15, 0.2) is 18.2 Å². The molecule has 20 heavy (non-hydrogen) atoms. The number of methoxy groups -OCH3 is 1. The molecule has 0 spiro atoms. The van der Waals surface area contributed by atoms with E-state index in [1.54, 1.807) is 7.11 Å². The average molecular weight is 272 g/mol. The van der Waals surface area contributed by atoms with Crippen LogP contribution in [0.1, 0.15) is 24.6 Å². The zero-order chi connectivity index (χ0) is 13.9. The molecule has 4 heteroatoms. The Morgan fingerprint density at radius 2 is 2.30 bits per heavy atom. The van der Waals surface area contributed by atoms with Gasteiger partial charge in [0.2, 0.25) is 0 Å². The van der Waals surface area contributed by atoms with Crippen molar-refractivity contribution < 1.29 is 9.47 Å². The summed E-state index contributed by atoms with van der Waals surface area (Å²) in [6.07, 6.45) is 1.97. The second-order valence-corrected chi connectivity index (χ2v) is 5.02. The first-order chi connectivity index (χ1) is 9.83. The van der Waals surface area contributed by atoms with Crippen LogP contribution < -0.4 is 10.1 Å². The molecule has 0 amide bonds. The molecule has 2 heterocycles. The van der Waals surface area contributed by atoms with Gasteiger partial charge >= 0.3 is 0 Å². The molecule has 0 saturated carbocycles. The Bertz CT molecular complexity index is 625. The highest BCUT2D eigenvalue weighted by Crippen LogP contribution is 2.33. The zero-order valence-electron chi connectivity index (χ0n) is 12.0. The first-order valence-electron chi connectivity index (χ1n) is 7.14. The van der Waals surface area contributed by atoms with Crippen molar-refractivity contribution in [3.63, 3.8) is 0 Å². The number of fused-ring (bicyclic) bond motifs is 2. The summed E-state index contributed by atoms with van der Waals surface area (Å²) >= 11 is 0. The number of nitrogens with one attached hydrogen (secondary N) is 1. The monoisotopic (exact) mass is 272 g/mol. The molecular formula is C16H20N2O2. The molecule has 1 N–H and O–H groups in total. The Balaban J connectivity index is 2.20. The fourth-order valence-corrected chi connectivity index (χ4v) is 2.62. The SMILES string of the molecule is CCCNc1c2c(nc3ccc(OC)cc13)CCOC2. The van der Waals surface area contributed by atoms with Crippen molar-refractivity contribution in [2.75, 3.05) is 25.6 Å². The van der Waals surface area contributed by atoms with Crippen molar-refractivity contribution >= 4 is 16.6 Å². The summed E-state index contributed by atoms with van der Waals surface area (Å²) in [5.41, 5.74) is 4.54. The Labute approximate surface area is 119 Å². The molecule has 3 rings (SSSR count). The quantitative estimate of drug-likeness (QED) is 0.928. The second kappa shape index (κ2) is 5.67. The van der Waals surface area contributed by atoms with Gasteiger partial charge in [0.05, 0.1) is 37.2 Å². The smallest absolute Gasteiger partial charge is 0.119 e. The maximum Gasteiger partial charge on any atom is 0.119 e. The standard InChI is InChI=1S/C16H20N2O2/c1-3-7-17-16-12-9-11(19-2)4-5-14(12)18-15-6-8-20-10-13(15)16/h4-5,9H,3,6-8,10H2,1-2H3,(H,17,18). The van der Waals surface area contributed by atoms with E-state index in [2.05, 4.69) is 18.3 Å². The van der Waals surface area contributed by atoms with Crippen molar-refractivity contribution in [2.45, 2.75) is 26.4 Å². The molecule has 0 aliphatic carbocycles. The number of rotatable bonds is 4. The summed E-state index contributed by atoms with van der Waals surface area (Å²) in [5, 5.41) is 4.65. The summed E-state index contributed by atoms with van der Waals surface area (Å²) in [6.45, 7) is 4.51. The van der Waals surface area contributed by atoms with Gasteiger partial charge in [0, 0.05) is 23.9 Å². The van der Waals surface area contributed by atoms with Gasteiger partial charge in [-0.3, -0.25) is 4.98 Å². The van der Waals surface area contributed by atoms with Crippen molar-refractivity contribution in [1.29, 1.82) is 0 Å². The highest BCUT2D eigenvalue weighted by atomic mass is 16.5. The molecule has 1 aliphatic heterocycles. The second-order valence-electron chi connectivity index (χ2n) is 5.02. The molecule has 0 atom stereocenters. The number of nitrogens with zero attached hydrogens (tertiary/aromatic N) is 1. The number of benzene rings is 1. The van der Waals surface area contributed by atoms with Crippen LogP contribution in [-0.2, 0) is 17.8 Å². The van der Waals surface area contributed by atoms with Gasteiger partial charge in [0.1, 0.15) is 5.75 Å². The third-order valence-electron chi connectivity index (χ3n) is 3.66. The van der Waals surface area contributed by atoms with Crippen LogP contribution in [0.25, 0.3) is 10.9 Å². The fraction of sp³-hybridized carbons (Fsp3) is 0.438. The van der Waals surface area contributed by atoms with E-state index in [1.807, 2.05) is 12.1 Å². The van der Waals surface area contributed by atoms with Gasteiger partial charge < -0.3 is 14.8 Å². The number of hydrogen-bond donors (Lipinski definition) is 1. The van der Waals surface area contributed by atoms with Gasteiger partial charge in [0.25, 0.3) is 0 Å². The summed E-state index contributed by atoms with van der Waals surface area (Å²) in [7, 11) is 1.69. The van der Waals surface area contributed by atoms with E-state index in [4.69, 9.17) is 14.5 Å². The summed E-state index contributed by atoms with van der Waals surface area (Å²) < 4.78 is 10.9. The summed E-state index contributed by atoms with van der Waals surface area (Å²) in [6, 6.07) is 6.04. The molecule has 0 fully saturated rings. The van der Waals surface area contributed by atoms with Crippen LogP contribution in [0.3, 0.4) is 0 Å². The number of ether oxygens (including phenoxy) is 2. The molecule has 1 aliphatic rings. The lowest BCUT2D eigenvalue weighted by Gasteiger charge is -2.22. The van der Waals surface area contributed by atoms with Crippen molar-refractivity contribution in [3.8, 4) is 5.75 Å². The summed E-state index contributed by atoms with van der Waals surface area (Å²) in [5.74, 6) is 0.857. The van der Waals surface area contributed by atoms with Crippen LogP contribution in [0, 0.1) is 0 Å². The van der Waals surface area contributed by atoms with E-state index in [-0.39, 0.29) is 0 Å². The molecule has 2 aromatic rings. The lowest BCUT2D eigenvalue weighted by Crippen LogP contribution is -2.15. The molecule has 0 unspecified atom stereocenters. The van der Waals surface area contributed by atoms with Crippen molar-refractivity contribution in [1.82, 2.24) is 4.98 Å². The topological polar surface area (TPSA) is 43.4 Å². The predicted molar refractivity (Wildman–Crippen MR) is 80.4 cm³/mol. The number of hydrogen-bond acceptors (Lipinski definition) is 4. The van der Waals surface area contributed by atoms with Crippen LogP contribution in [0.4, 0.5) is 5.69 Å². The predicted octanol–water partition coefficient (Wildman–Crippen LogP) is 3.14. The van der Waals surface area contributed by atoms with E-state index in [1.165, 1.54) is 5.56 Å². The van der Waals surface area contributed by atoms with Crippen molar-refractivity contribution in [2.24, 2.45) is 0 Å². The lowest BCUT2D eigenvalue weighted by atomic mass is 10.0. The Hall–Kier alpha value is -1.81. The van der Waals surface area contributed by atoms with Gasteiger partial charge in [-0.05, 0) is 24.6 Å². The van der Waals surface area contributed by atoms with Crippen LogP contribution in [-0.4, -0.2) is 25.2 Å². The lowest BCUT2D eigenvalue weighted by molar-refractivity contribution is 0.110. The van der Waals surface area contributed by atoms with E-state index >= 15 is 0 Å². The minimum absolute atomic E-state index is 0.640. The van der Waals surface area contributed by atoms with Crippen molar-refractivity contribution in [3.05, 3.63) is 29.5 Å². The highest BCUT2D eigenvalue weighted by molar-refractivity contribution is 5.94. The van der Waals surface area contributed by atoms with Crippen LogP contribution in [0.5, 0.6) is 5.75 Å². The maximum atomic E-state index is 5.61. The van der Waals surface area contributed by atoms with Gasteiger partial charge in [0.15, 0.2) is 0 Å². The fourth-order valence-electron chi connectivity index (χ4n) is 2.62. The molecule has 0 bridgehead atoms. The first-order valence-corrected chi connectivity index (χ1v) is 7.14. The minimum atomic E-state index is 0.640. The number of aromatic nitrogens is 1. The van der Waals surface area contributed by atoms with E-state index < -0.39 is 0 Å². The number of anilines is 1. The van der Waals surface area contributed by atoms with Gasteiger partial charge in [-0.15, -0.1) is 0 Å². The third kappa shape index (κ3) is 2.31. The highest BCUT2D eigenvalue weighted by Gasteiger charge is 2.18. The molecule has 1 aromatic heterocycles. The van der Waals surface area contributed by atoms with Crippen LogP contribution >= 0.6 is 0 Å². The molecular weight excluding hydrogens is 252 g/mol. The normalized spacial score (nSPS) is 14.1. The minimum Gasteiger partial charge on any atom is -0.497 e. The van der Waals surface area contributed by atoms with Gasteiger partial charge in [-0.1, -0.05) is 6.92 Å². The summed E-state index contributed by atoms with van der Waals surface area (Å²) in [4.78, 5) is 4.78. The average Bonchev–Trinajstić information content (AvgIpc) is 2.51. The van der Waals surface area contributed by atoms with E-state index in [9.17, 15) is 0 Å².